The Hall–Kier alpha value is -3.26. The molecule has 0 radical (unpaired) electrons. The molecule has 1 aliphatic heterocycles. The summed E-state index contributed by atoms with van der Waals surface area (Å²) in [5.41, 5.74) is 2.42. The third-order valence-corrected chi connectivity index (χ3v) is 8.20. The van der Waals surface area contributed by atoms with Gasteiger partial charge in [-0.3, -0.25) is 4.79 Å². The SMILES string of the molecule is CN[C@@H](C(=O)Nc1ccc(C(=O)O)cc1OC)[C@H](c1cccc(Cl)c1)[C@@]1(C(C)(C)C)CNc2ccc(Cl)cc21. The molecule has 0 spiro atoms. The van der Waals surface area contributed by atoms with Crippen LogP contribution in [0.2, 0.25) is 10.0 Å². The molecule has 0 bridgehead atoms. The Labute approximate surface area is 238 Å². The zero-order chi connectivity index (χ0) is 28.5. The summed E-state index contributed by atoms with van der Waals surface area (Å²) in [5.74, 6) is -1.53. The van der Waals surface area contributed by atoms with Crippen LogP contribution in [0.15, 0.2) is 60.7 Å². The highest BCUT2D eigenvalue weighted by atomic mass is 35.5. The van der Waals surface area contributed by atoms with E-state index in [-0.39, 0.29) is 22.6 Å². The summed E-state index contributed by atoms with van der Waals surface area (Å²) in [6, 6.07) is 17.0. The van der Waals surface area contributed by atoms with Crippen LogP contribution < -0.4 is 20.7 Å². The second-order valence-corrected chi connectivity index (χ2v) is 11.6. The molecule has 1 heterocycles. The summed E-state index contributed by atoms with van der Waals surface area (Å²) >= 11 is 13.0. The van der Waals surface area contributed by atoms with Crippen LogP contribution in [0.3, 0.4) is 0 Å². The molecule has 0 aromatic heterocycles. The molecule has 0 aliphatic carbocycles. The Morgan fingerprint density at radius 2 is 1.77 bits per heavy atom. The molecule has 3 atom stereocenters. The van der Waals surface area contributed by atoms with E-state index in [1.807, 2.05) is 42.5 Å². The van der Waals surface area contributed by atoms with Crippen LogP contribution in [0.5, 0.6) is 5.75 Å². The van der Waals surface area contributed by atoms with Crippen LogP contribution in [0, 0.1) is 5.41 Å². The number of carboxylic acid groups (broad SMARTS) is 1. The average Bonchev–Trinajstić information content (AvgIpc) is 3.26. The molecule has 1 aliphatic rings. The summed E-state index contributed by atoms with van der Waals surface area (Å²) < 4.78 is 5.40. The van der Waals surface area contributed by atoms with Crippen LogP contribution >= 0.6 is 23.2 Å². The van der Waals surface area contributed by atoms with Crippen molar-refractivity contribution in [1.29, 1.82) is 0 Å². The Bertz CT molecular complexity index is 1410. The molecule has 0 saturated carbocycles. The van der Waals surface area contributed by atoms with E-state index >= 15 is 0 Å². The number of carboxylic acids is 1. The number of ether oxygens (including phenoxy) is 1. The zero-order valence-corrected chi connectivity index (χ0v) is 24.1. The van der Waals surface area contributed by atoms with Crippen molar-refractivity contribution in [2.75, 3.05) is 31.3 Å². The highest BCUT2D eigenvalue weighted by Crippen LogP contribution is 2.57. The van der Waals surface area contributed by atoms with Crippen LogP contribution in [-0.2, 0) is 10.2 Å². The van der Waals surface area contributed by atoms with E-state index in [4.69, 9.17) is 27.9 Å². The lowest BCUT2D eigenvalue weighted by atomic mass is 9.54. The Morgan fingerprint density at radius 1 is 1.05 bits per heavy atom. The van der Waals surface area contributed by atoms with Gasteiger partial charge in [0.05, 0.1) is 24.4 Å². The van der Waals surface area contributed by atoms with Crippen molar-refractivity contribution in [3.8, 4) is 5.75 Å². The Kier molecular flexibility index (Phi) is 8.17. The monoisotopic (exact) mass is 569 g/mol. The van der Waals surface area contributed by atoms with E-state index in [1.165, 1.54) is 25.3 Å². The second-order valence-electron chi connectivity index (χ2n) is 10.8. The molecule has 3 aromatic carbocycles. The maximum Gasteiger partial charge on any atom is 0.335 e. The van der Waals surface area contributed by atoms with Gasteiger partial charge in [0.25, 0.3) is 0 Å². The lowest BCUT2D eigenvalue weighted by Crippen LogP contribution is -2.56. The molecule has 0 unspecified atom stereocenters. The van der Waals surface area contributed by atoms with Crippen molar-refractivity contribution in [1.82, 2.24) is 5.32 Å². The third-order valence-electron chi connectivity index (χ3n) is 7.73. The fourth-order valence-corrected chi connectivity index (χ4v) is 6.20. The van der Waals surface area contributed by atoms with Crippen LogP contribution in [0.25, 0.3) is 0 Å². The number of rotatable bonds is 8. The molecule has 0 fully saturated rings. The van der Waals surface area contributed by atoms with Gasteiger partial charge in [-0.05, 0) is 72.1 Å². The number of benzene rings is 3. The normalized spacial score (nSPS) is 18.0. The minimum Gasteiger partial charge on any atom is -0.495 e. The fourth-order valence-electron chi connectivity index (χ4n) is 5.83. The summed E-state index contributed by atoms with van der Waals surface area (Å²) in [5, 5.41) is 20.4. The first-order valence-electron chi connectivity index (χ1n) is 12.6. The summed E-state index contributed by atoms with van der Waals surface area (Å²) in [7, 11) is 3.19. The van der Waals surface area contributed by atoms with Crippen LogP contribution in [0.1, 0.15) is 48.2 Å². The molecule has 0 saturated heterocycles. The van der Waals surface area contributed by atoms with E-state index in [0.29, 0.717) is 22.3 Å². The Balaban J connectivity index is 1.88. The molecular formula is C30H33Cl2N3O4. The minimum absolute atomic E-state index is 0.0593. The predicted octanol–water partition coefficient (Wildman–Crippen LogP) is 6.42. The number of hydrogen-bond acceptors (Lipinski definition) is 5. The maximum atomic E-state index is 14.1. The van der Waals surface area contributed by atoms with Crippen molar-refractivity contribution in [3.05, 3.63) is 87.4 Å². The number of aromatic carboxylic acids is 1. The number of anilines is 2. The smallest absolute Gasteiger partial charge is 0.335 e. The van der Waals surface area contributed by atoms with Gasteiger partial charge in [-0.25, -0.2) is 4.79 Å². The molecule has 4 N–H and O–H groups in total. The number of likely N-dealkylation sites (N-methyl/N-ethyl adjacent to an activating group) is 1. The van der Waals surface area contributed by atoms with Gasteiger partial charge in [-0.2, -0.15) is 0 Å². The first-order chi connectivity index (χ1) is 18.4. The maximum absolute atomic E-state index is 14.1. The average molecular weight is 571 g/mol. The van der Waals surface area contributed by atoms with Crippen LogP contribution in [0.4, 0.5) is 11.4 Å². The standard InChI is InChI=1S/C30H33Cl2N3O4/c1-29(2,3)30(16-34-22-12-10-20(32)15-21(22)30)25(17-7-6-8-19(31)13-17)26(33-4)27(36)35-23-11-9-18(28(37)38)14-24(23)39-5/h6-15,25-26,33-34H,16H2,1-5H3,(H,35,36)(H,37,38)/t25-,26+,30+/m0/s1. The number of methoxy groups -OCH3 is 1. The second kappa shape index (κ2) is 11.1. The topological polar surface area (TPSA) is 99.7 Å². The highest BCUT2D eigenvalue weighted by molar-refractivity contribution is 6.31. The first kappa shape index (κ1) is 28.7. The number of hydrogen-bond donors (Lipinski definition) is 4. The Morgan fingerprint density at radius 3 is 2.38 bits per heavy atom. The van der Waals surface area contributed by atoms with E-state index in [9.17, 15) is 14.7 Å². The van der Waals surface area contributed by atoms with E-state index in [0.717, 1.165) is 16.8 Å². The van der Waals surface area contributed by atoms with Crippen molar-refractivity contribution in [2.45, 2.75) is 38.1 Å². The minimum atomic E-state index is -1.08. The summed E-state index contributed by atoms with van der Waals surface area (Å²) in [6.07, 6.45) is 0. The zero-order valence-electron chi connectivity index (χ0n) is 22.6. The van der Waals surface area contributed by atoms with Gasteiger partial charge in [-0.1, -0.05) is 56.1 Å². The first-order valence-corrected chi connectivity index (χ1v) is 13.4. The highest BCUT2D eigenvalue weighted by Gasteiger charge is 2.56. The van der Waals surface area contributed by atoms with E-state index < -0.39 is 23.3 Å². The van der Waals surface area contributed by atoms with Gasteiger partial charge < -0.3 is 25.8 Å². The molecule has 3 aromatic rings. The number of carbonyl (C=O) groups excluding carboxylic acids is 1. The molecule has 9 heteroatoms. The van der Waals surface area contributed by atoms with Crippen LogP contribution in [-0.4, -0.2) is 43.7 Å². The van der Waals surface area contributed by atoms with Gasteiger partial charge in [0.1, 0.15) is 5.75 Å². The molecule has 1 amide bonds. The molecule has 39 heavy (non-hydrogen) atoms. The molecular weight excluding hydrogens is 537 g/mol. The predicted molar refractivity (Wildman–Crippen MR) is 157 cm³/mol. The van der Waals surface area contributed by atoms with Crippen molar-refractivity contribution >= 4 is 46.5 Å². The fraction of sp³-hybridized carbons (Fsp3) is 0.333. The van der Waals surface area contributed by atoms with E-state index in [2.05, 4.69) is 36.7 Å². The number of halogens is 2. The molecule has 206 valence electrons. The number of nitrogens with one attached hydrogen (secondary N) is 3. The summed E-state index contributed by atoms with van der Waals surface area (Å²) in [6.45, 7) is 7.08. The van der Waals surface area contributed by atoms with Crippen molar-refractivity contribution in [2.24, 2.45) is 5.41 Å². The number of fused-ring (bicyclic) bond motifs is 1. The van der Waals surface area contributed by atoms with Crippen molar-refractivity contribution < 1.29 is 19.4 Å². The van der Waals surface area contributed by atoms with Gasteiger partial charge in [-0.15, -0.1) is 0 Å². The van der Waals surface area contributed by atoms with Crippen molar-refractivity contribution in [3.63, 3.8) is 0 Å². The quantitative estimate of drug-likeness (QED) is 0.250. The largest absolute Gasteiger partial charge is 0.495 e. The van der Waals surface area contributed by atoms with Gasteiger partial charge in [0.15, 0.2) is 0 Å². The lowest BCUT2D eigenvalue weighted by Gasteiger charge is -2.50. The van der Waals surface area contributed by atoms with Gasteiger partial charge >= 0.3 is 5.97 Å². The summed E-state index contributed by atoms with van der Waals surface area (Å²) in [4.78, 5) is 25.6. The number of amides is 1. The van der Waals surface area contributed by atoms with Gasteiger partial charge in [0.2, 0.25) is 5.91 Å². The molecule has 7 nitrogen and oxygen atoms in total. The van der Waals surface area contributed by atoms with Gasteiger partial charge in [0, 0.05) is 33.6 Å². The molecule has 4 rings (SSSR count). The van der Waals surface area contributed by atoms with E-state index in [1.54, 1.807) is 7.05 Å². The number of carbonyl (C=O) groups is 2. The third kappa shape index (κ3) is 5.31. The lowest BCUT2D eigenvalue weighted by molar-refractivity contribution is -0.119.